The van der Waals surface area contributed by atoms with E-state index in [9.17, 15) is 9.59 Å². The summed E-state index contributed by atoms with van der Waals surface area (Å²) >= 11 is 0. The molecule has 2 aromatic carbocycles. The number of amides is 2. The van der Waals surface area contributed by atoms with Crippen molar-refractivity contribution < 1.29 is 19.1 Å². The highest BCUT2D eigenvalue weighted by atomic mass is 16.6. The van der Waals surface area contributed by atoms with Gasteiger partial charge in [0.2, 0.25) is 0 Å². The highest BCUT2D eigenvalue weighted by Crippen LogP contribution is 2.25. The quantitative estimate of drug-likeness (QED) is 0.379. The summed E-state index contributed by atoms with van der Waals surface area (Å²) in [7, 11) is 0. The number of benzene rings is 2. The zero-order valence-electron chi connectivity index (χ0n) is 19.4. The lowest BCUT2D eigenvalue weighted by atomic mass is 10.0. The molecule has 2 heterocycles. The van der Waals surface area contributed by atoms with E-state index < -0.39 is 23.6 Å². The first-order valence-electron chi connectivity index (χ1n) is 11.1. The first-order valence-corrected chi connectivity index (χ1v) is 11.1. The molecule has 0 fully saturated rings. The van der Waals surface area contributed by atoms with Crippen LogP contribution in [0.4, 0.5) is 4.79 Å². The predicted molar refractivity (Wildman–Crippen MR) is 132 cm³/mol. The Labute approximate surface area is 198 Å². The van der Waals surface area contributed by atoms with E-state index in [-0.39, 0.29) is 6.42 Å². The monoisotopic (exact) mass is 460 g/mol. The van der Waals surface area contributed by atoms with Gasteiger partial charge in [-0.05, 0) is 44.5 Å². The van der Waals surface area contributed by atoms with Crippen LogP contribution in [0.2, 0.25) is 0 Å². The van der Waals surface area contributed by atoms with Gasteiger partial charge in [-0.15, -0.1) is 0 Å². The highest BCUT2D eigenvalue weighted by Gasteiger charge is 2.25. The van der Waals surface area contributed by atoms with Gasteiger partial charge in [-0.1, -0.05) is 36.4 Å². The first-order chi connectivity index (χ1) is 16.3. The number of ether oxygens (including phenoxy) is 2. The summed E-state index contributed by atoms with van der Waals surface area (Å²) in [5.74, 6) is 0.356. The summed E-state index contributed by atoms with van der Waals surface area (Å²) in [6.45, 7) is 5.66. The van der Waals surface area contributed by atoms with Crippen molar-refractivity contribution in [2.24, 2.45) is 5.10 Å². The van der Waals surface area contributed by atoms with Crippen LogP contribution in [0.15, 0.2) is 65.4 Å². The minimum absolute atomic E-state index is 0.268. The number of carbonyl (C=O) groups excluding carboxylic acids is 2. The normalized spacial score (nSPS) is 14.1. The summed E-state index contributed by atoms with van der Waals surface area (Å²) in [5, 5.41) is 7.75. The largest absolute Gasteiger partial charge is 0.488 e. The van der Waals surface area contributed by atoms with E-state index in [1.165, 1.54) is 0 Å². The lowest BCUT2D eigenvalue weighted by molar-refractivity contribution is -0.123. The molecule has 8 heteroatoms. The Morgan fingerprint density at radius 2 is 1.94 bits per heavy atom. The second kappa shape index (κ2) is 9.82. The predicted octanol–water partition coefficient (Wildman–Crippen LogP) is 4.18. The molecule has 8 nitrogen and oxygen atoms in total. The standard InChI is InChI=1S/C26H28N4O4/c1-26(2,3)34-25(32)29-22(13-19-15-27-21-10-6-5-9-20(19)21)24(31)30-28-14-17-12-18-8-4-7-11-23(18)33-16-17/h4-12,14-15,22,27H,13,16H2,1-3H3,(H,29,32)(H,30,31)/t22-/m0/s1. The lowest BCUT2D eigenvalue weighted by Gasteiger charge is -2.23. The van der Waals surface area contributed by atoms with E-state index >= 15 is 0 Å². The molecule has 0 spiro atoms. The first kappa shape index (κ1) is 23.1. The van der Waals surface area contributed by atoms with Crippen LogP contribution in [0.1, 0.15) is 31.9 Å². The van der Waals surface area contributed by atoms with Crippen molar-refractivity contribution in [3.8, 4) is 5.75 Å². The van der Waals surface area contributed by atoms with E-state index in [4.69, 9.17) is 9.47 Å². The molecule has 0 radical (unpaired) electrons. The van der Waals surface area contributed by atoms with Gasteiger partial charge in [-0.3, -0.25) is 4.79 Å². The van der Waals surface area contributed by atoms with Gasteiger partial charge in [0.05, 0.1) is 6.21 Å². The fourth-order valence-corrected chi connectivity index (χ4v) is 3.64. The molecule has 1 aromatic heterocycles. The molecule has 1 aliphatic heterocycles. The molecular formula is C26H28N4O4. The number of hydrogen-bond donors (Lipinski definition) is 3. The van der Waals surface area contributed by atoms with Crippen molar-refractivity contribution in [2.45, 2.75) is 38.8 Å². The number of fused-ring (bicyclic) bond motifs is 2. The lowest BCUT2D eigenvalue weighted by Crippen LogP contribution is -2.48. The van der Waals surface area contributed by atoms with Crippen LogP contribution in [0.5, 0.6) is 5.75 Å². The zero-order chi connectivity index (χ0) is 24.1. The van der Waals surface area contributed by atoms with Crippen LogP contribution in [0.25, 0.3) is 17.0 Å². The number of hydrogen-bond acceptors (Lipinski definition) is 5. The molecule has 3 aromatic rings. The summed E-state index contributed by atoms with van der Waals surface area (Å²) in [6.07, 6.45) is 4.94. The second-order valence-electron chi connectivity index (χ2n) is 9.04. The fourth-order valence-electron chi connectivity index (χ4n) is 3.64. The van der Waals surface area contributed by atoms with Crippen molar-refractivity contribution in [1.29, 1.82) is 0 Å². The number of aromatic amines is 1. The van der Waals surface area contributed by atoms with Crippen LogP contribution < -0.4 is 15.5 Å². The molecule has 1 atom stereocenters. The zero-order valence-corrected chi connectivity index (χ0v) is 19.4. The number of hydrazone groups is 1. The van der Waals surface area contributed by atoms with Gasteiger partial charge in [-0.2, -0.15) is 5.10 Å². The van der Waals surface area contributed by atoms with Gasteiger partial charge in [-0.25, -0.2) is 10.2 Å². The maximum atomic E-state index is 13.0. The third-order valence-electron chi connectivity index (χ3n) is 5.17. The van der Waals surface area contributed by atoms with Gasteiger partial charge < -0.3 is 19.8 Å². The minimum atomic E-state index is -0.886. The summed E-state index contributed by atoms with van der Waals surface area (Å²) in [5.41, 5.74) is 5.47. The molecular weight excluding hydrogens is 432 g/mol. The number of aromatic nitrogens is 1. The highest BCUT2D eigenvalue weighted by molar-refractivity contribution is 5.91. The van der Waals surface area contributed by atoms with Crippen LogP contribution in [0, 0.1) is 0 Å². The molecule has 1 aliphatic rings. The molecule has 0 unspecified atom stereocenters. The fraction of sp³-hybridized carbons (Fsp3) is 0.269. The third kappa shape index (κ3) is 5.83. The van der Waals surface area contributed by atoms with E-state index in [1.54, 1.807) is 27.0 Å². The van der Waals surface area contributed by atoms with Crippen LogP contribution in [-0.2, 0) is 16.0 Å². The van der Waals surface area contributed by atoms with E-state index in [0.29, 0.717) is 6.61 Å². The Hall–Kier alpha value is -4.07. The Morgan fingerprint density at radius 3 is 2.76 bits per heavy atom. The van der Waals surface area contributed by atoms with Crippen LogP contribution >= 0.6 is 0 Å². The van der Waals surface area contributed by atoms with Gasteiger partial charge in [0, 0.05) is 34.7 Å². The molecule has 0 saturated heterocycles. The number of H-pyrrole nitrogens is 1. The Bertz CT molecular complexity index is 1250. The smallest absolute Gasteiger partial charge is 0.408 e. The molecule has 34 heavy (non-hydrogen) atoms. The maximum absolute atomic E-state index is 13.0. The van der Waals surface area contributed by atoms with Gasteiger partial charge >= 0.3 is 6.09 Å². The third-order valence-corrected chi connectivity index (χ3v) is 5.17. The van der Waals surface area contributed by atoms with Crippen LogP contribution in [-0.4, -0.2) is 41.4 Å². The minimum Gasteiger partial charge on any atom is -0.488 e. The molecule has 0 saturated carbocycles. The summed E-state index contributed by atoms with van der Waals surface area (Å²) in [6, 6.07) is 14.6. The number of para-hydroxylation sites is 2. The molecule has 2 amide bonds. The second-order valence-corrected chi connectivity index (χ2v) is 9.04. The Balaban J connectivity index is 1.47. The topological polar surface area (TPSA) is 105 Å². The van der Waals surface area contributed by atoms with Gasteiger partial charge in [0.1, 0.15) is 24.0 Å². The number of nitrogens with one attached hydrogen (secondary N) is 3. The Kier molecular flexibility index (Phi) is 6.67. The molecule has 3 N–H and O–H groups in total. The van der Waals surface area contributed by atoms with E-state index in [2.05, 4.69) is 20.8 Å². The number of rotatable bonds is 6. The van der Waals surface area contributed by atoms with Crippen molar-refractivity contribution >= 4 is 35.2 Å². The van der Waals surface area contributed by atoms with Crippen molar-refractivity contribution in [3.63, 3.8) is 0 Å². The average Bonchev–Trinajstić information content (AvgIpc) is 3.20. The maximum Gasteiger partial charge on any atom is 0.408 e. The van der Waals surface area contributed by atoms with E-state index in [1.807, 2.05) is 60.8 Å². The Morgan fingerprint density at radius 1 is 1.18 bits per heavy atom. The molecule has 176 valence electrons. The molecule has 0 bridgehead atoms. The van der Waals surface area contributed by atoms with Crippen molar-refractivity contribution in [2.75, 3.05) is 6.61 Å². The van der Waals surface area contributed by atoms with E-state index in [0.717, 1.165) is 33.4 Å². The van der Waals surface area contributed by atoms with Gasteiger partial charge in [0.25, 0.3) is 5.91 Å². The summed E-state index contributed by atoms with van der Waals surface area (Å²) in [4.78, 5) is 28.6. The number of alkyl carbamates (subject to hydrolysis) is 1. The number of nitrogens with zero attached hydrogens (tertiary/aromatic N) is 1. The van der Waals surface area contributed by atoms with Crippen molar-refractivity contribution in [3.05, 3.63) is 71.4 Å². The van der Waals surface area contributed by atoms with Crippen LogP contribution in [0.3, 0.4) is 0 Å². The molecule has 4 rings (SSSR count). The SMILES string of the molecule is CC(C)(C)OC(=O)N[C@@H](Cc1c[nH]c2ccccc12)C(=O)NN=CC1=Cc2ccccc2OC1. The van der Waals surface area contributed by atoms with Gasteiger partial charge in [0.15, 0.2) is 0 Å². The average molecular weight is 461 g/mol. The summed E-state index contributed by atoms with van der Waals surface area (Å²) < 4.78 is 11.1. The van der Waals surface area contributed by atoms with Crippen molar-refractivity contribution in [1.82, 2.24) is 15.7 Å². The molecule has 0 aliphatic carbocycles. The number of carbonyl (C=O) groups is 2.